The number of ether oxygens (including phenoxy) is 1. The van der Waals surface area contributed by atoms with Crippen molar-refractivity contribution in [3.8, 4) is 5.75 Å². The zero-order valence-electron chi connectivity index (χ0n) is 12.8. The molecule has 0 saturated carbocycles. The highest BCUT2D eigenvalue weighted by atomic mass is 35.5. The molecule has 114 valence electrons. The van der Waals surface area contributed by atoms with Gasteiger partial charge in [-0.3, -0.25) is 0 Å². The number of aryl methyl sites for hydroxylation is 1. The Kier molecular flexibility index (Phi) is 7.35. The van der Waals surface area contributed by atoms with Crippen LogP contribution in [0.5, 0.6) is 5.75 Å². The van der Waals surface area contributed by atoms with Gasteiger partial charge in [0.05, 0.1) is 6.61 Å². The predicted molar refractivity (Wildman–Crippen MR) is 86.6 cm³/mol. The summed E-state index contributed by atoms with van der Waals surface area (Å²) < 4.78 is 5.87. The monoisotopic (exact) mass is 298 g/mol. The molecule has 0 spiro atoms. The molecular formula is C16H27ClN2O. The zero-order chi connectivity index (χ0) is 15.1. The van der Waals surface area contributed by atoms with Gasteiger partial charge in [0.15, 0.2) is 0 Å². The smallest absolute Gasteiger partial charge is 0.123 e. The van der Waals surface area contributed by atoms with Crippen LogP contribution in [0.15, 0.2) is 12.1 Å². The quantitative estimate of drug-likeness (QED) is 0.772. The molecule has 1 atom stereocenters. The van der Waals surface area contributed by atoms with Crippen molar-refractivity contribution in [1.29, 1.82) is 0 Å². The first-order chi connectivity index (χ1) is 9.53. The molecule has 0 amide bonds. The van der Waals surface area contributed by atoms with Crippen LogP contribution in [0.1, 0.15) is 43.7 Å². The molecule has 3 nitrogen and oxygen atoms in total. The third-order valence-electron chi connectivity index (χ3n) is 3.64. The second-order valence-electron chi connectivity index (χ2n) is 5.46. The second kappa shape index (κ2) is 8.50. The summed E-state index contributed by atoms with van der Waals surface area (Å²) >= 11 is 6.26. The van der Waals surface area contributed by atoms with Crippen LogP contribution in [0.3, 0.4) is 0 Å². The highest BCUT2D eigenvalue weighted by Gasteiger charge is 2.17. The molecule has 0 aliphatic rings. The van der Waals surface area contributed by atoms with E-state index in [0.717, 1.165) is 41.3 Å². The average Bonchev–Trinajstić information content (AvgIpc) is 2.45. The maximum absolute atomic E-state index is 6.26. The fraction of sp³-hybridized carbons (Fsp3) is 0.625. The van der Waals surface area contributed by atoms with Gasteiger partial charge >= 0.3 is 0 Å². The van der Waals surface area contributed by atoms with Crippen LogP contribution in [0, 0.1) is 12.8 Å². The molecule has 4 N–H and O–H groups in total. The molecule has 0 radical (unpaired) electrons. The molecule has 0 bridgehead atoms. The Morgan fingerprint density at radius 2 is 1.90 bits per heavy atom. The van der Waals surface area contributed by atoms with Crippen molar-refractivity contribution in [3.63, 3.8) is 0 Å². The van der Waals surface area contributed by atoms with E-state index in [2.05, 4.69) is 13.8 Å². The van der Waals surface area contributed by atoms with Gasteiger partial charge in [-0.15, -0.1) is 0 Å². The number of hydrogen-bond acceptors (Lipinski definition) is 3. The van der Waals surface area contributed by atoms with Gasteiger partial charge in [-0.1, -0.05) is 25.4 Å². The van der Waals surface area contributed by atoms with Crippen LogP contribution in [0.2, 0.25) is 5.02 Å². The molecule has 1 unspecified atom stereocenters. The van der Waals surface area contributed by atoms with Crippen molar-refractivity contribution in [2.24, 2.45) is 17.4 Å². The molecular weight excluding hydrogens is 272 g/mol. The van der Waals surface area contributed by atoms with Crippen LogP contribution >= 0.6 is 11.6 Å². The third-order valence-corrected chi connectivity index (χ3v) is 4.04. The minimum atomic E-state index is 0.331. The van der Waals surface area contributed by atoms with E-state index in [-0.39, 0.29) is 0 Å². The van der Waals surface area contributed by atoms with Gasteiger partial charge in [0.1, 0.15) is 5.75 Å². The highest BCUT2D eigenvalue weighted by molar-refractivity contribution is 6.31. The summed E-state index contributed by atoms with van der Waals surface area (Å²) in [5.41, 5.74) is 13.7. The molecule has 1 aromatic rings. The first-order valence-electron chi connectivity index (χ1n) is 7.36. The molecule has 0 fully saturated rings. The Bertz CT molecular complexity index is 419. The fourth-order valence-corrected chi connectivity index (χ4v) is 2.48. The normalized spacial score (nSPS) is 12.8. The van der Waals surface area contributed by atoms with Gasteiger partial charge in [-0.2, -0.15) is 0 Å². The Hall–Kier alpha value is -0.770. The number of rotatable bonds is 8. The van der Waals surface area contributed by atoms with Gasteiger partial charge < -0.3 is 16.2 Å². The molecule has 20 heavy (non-hydrogen) atoms. The molecule has 1 rings (SSSR count). The topological polar surface area (TPSA) is 61.3 Å². The summed E-state index contributed by atoms with van der Waals surface area (Å²) in [7, 11) is 0. The van der Waals surface area contributed by atoms with Gasteiger partial charge in [0, 0.05) is 5.02 Å². The van der Waals surface area contributed by atoms with Crippen molar-refractivity contribution in [3.05, 3.63) is 28.3 Å². The van der Waals surface area contributed by atoms with Crippen molar-refractivity contribution in [2.75, 3.05) is 19.7 Å². The largest absolute Gasteiger partial charge is 0.493 e. The lowest BCUT2D eigenvalue weighted by Gasteiger charge is -2.22. The van der Waals surface area contributed by atoms with E-state index in [9.17, 15) is 0 Å². The van der Waals surface area contributed by atoms with Crippen LogP contribution in [0.4, 0.5) is 0 Å². The summed E-state index contributed by atoms with van der Waals surface area (Å²) in [6, 6.07) is 4.06. The molecule has 4 heteroatoms. The fourth-order valence-electron chi connectivity index (χ4n) is 2.31. The molecule has 0 aromatic heterocycles. The lowest BCUT2D eigenvalue weighted by atomic mass is 9.89. The van der Waals surface area contributed by atoms with E-state index >= 15 is 0 Å². The van der Waals surface area contributed by atoms with Crippen molar-refractivity contribution >= 4 is 11.6 Å². The van der Waals surface area contributed by atoms with Gasteiger partial charge in [-0.25, -0.2) is 0 Å². The molecule has 0 heterocycles. The SMILES string of the molecule is CCCOc1cc(C)c(Cl)cc1C(C)CC(CN)CN. The maximum Gasteiger partial charge on any atom is 0.123 e. The minimum absolute atomic E-state index is 0.331. The van der Waals surface area contributed by atoms with E-state index in [1.807, 2.05) is 19.1 Å². The van der Waals surface area contributed by atoms with Crippen LogP contribution in [-0.4, -0.2) is 19.7 Å². The van der Waals surface area contributed by atoms with Crippen molar-refractivity contribution in [2.45, 2.75) is 39.5 Å². The Labute approximate surface area is 127 Å². The van der Waals surface area contributed by atoms with Crippen LogP contribution in [-0.2, 0) is 0 Å². The van der Waals surface area contributed by atoms with Crippen molar-refractivity contribution < 1.29 is 4.74 Å². The Balaban J connectivity index is 2.97. The predicted octanol–water partition coefficient (Wildman–Crippen LogP) is 3.46. The summed E-state index contributed by atoms with van der Waals surface area (Å²) in [4.78, 5) is 0. The zero-order valence-corrected chi connectivity index (χ0v) is 13.5. The summed E-state index contributed by atoms with van der Waals surface area (Å²) in [5, 5.41) is 0.785. The van der Waals surface area contributed by atoms with Gasteiger partial charge in [0.25, 0.3) is 0 Å². The van der Waals surface area contributed by atoms with E-state index < -0.39 is 0 Å². The van der Waals surface area contributed by atoms with Crippen LogP contribution < -0.4 is 16.2 Å². The Morgan fingerprint density at radius 3 is 2.45 bits per heavy atom. The molecule has 0 aliphatic carbocycles. The van der Waals surface area contributed by atoms with Gasteiger partial charge in [-0.05, 0) is 68.0 Å². The van der Waals surface area contributed by atoms with E-state index in [4.69, 9.17) is 27.8 Å². The summed E-state index contributed by atoms with van der Waals surface area (Å²) in [6.45, 7) is 8.23. The highest BCUT2D eigenvalue weighted by Crippen LogP contribution is 2.35. The molecule has 1 aromatic carbocycles. The number of benzene rings is 1. The maximum atomic E-state index is 6.26. The summed E-state index contributed by atoms with van der Waals surface area (Å²) in [6.07, 6.45) is 1.94. The van der Waals surface area contributed by atoms with E-state index in [1.165, 1.54) is 0 Å². The first-order valence-corrected chi connectivity index (χ1v) is 7.74. The molecule has 0 saturated heterocycles. The second-order valence-corrected chi connectivity index (χ2v) is 5.87. The van der Waals surface area contributed by atoms with E-state index in [0.29, 0.717) is 24.9 Å². The van der Waals surface area contributed by atoms with Crippen molar-refractivity contribution in [1.82, 2.24) is 0 Å². The van der Waals surface area contributed by atoms with E-state index in [1.54, 1.807) is 0 Å². The molecule has 0 aliphatic heterocycles. The number of hydrogen-bond donors (Lipinski definition) is 2. The number of halogens is 1. The Morgan fingerprint density at radius 1 is 1.25 bits per heavy atom. The first kappa shape index (κ1) is 17.3. The lowest BCUT2D eigenvalue weighted by Crippen LogP contribution is -2.24. The number of nitrogens with two attached hydrogens (primary N) is 2. The minimum Gasteiger partial charge on any atom is -0.493 e. The lowest BCUT2D eigenvalue weighted by molar-refractivity contribution is 0.310. The van der Waals surface area contributed by atoms with Gasteiger partial charge in [0.2, 0.25) is 0 Å². The van der Waals surface area contributed by atoms with Crippen LogP contribution in [0.25, 0.3) is 0 Å². The summed E-state index contributed by atoms with van der Waals surface area (Å²) in [5.74, 6) is 1.61. The third kappa shape index (κ3) is 4.65. The average molecular weight is 299 g/mol. The standard InChI is InChI=1S/C16H27ClN2O/c1-4-5-20-16-7-12(3)15(17)8-14(16)11(2)6-13(9-18)10-19/h7-8,11,13H,4-6,9-10,18-19H2,1-3H3.